The van der Waals surface area contributed by atoms with Crippen LogP contribution >= 0.6 is 0 Å². The van der Waals surface area contributed by atoms with E-state index in [0.29, 0.717) is 32.2 Å². The zero-order valence-electron chi connectivity index (χ0n) is 34.6. The number of hydrogen-bond acceptors (Lipinski definition) is 5. The summed E-state index contributed by atoms with van der Waals surface area (Å²) < 4.78 is 5.95. The van der Waals surface area contributed by atoms with Gasteiger partial charge in [-0.25, -0.2) is 4.79 Å². The van der Waals surface area contributed by atoms with Gasteiger partial charge in [0, 0.05) is 12.8 Å². The Morgan fingerprint density at radius 1 is 0.566 bits per heavy atom. The van der Waals surface area contributed by atoms with Crippen LogP contribution in [0, 0.1) is 0 Å². The molecule has 0 aliphatic carbocycles. The van der Waals surface area contributed by atoms with E-state index in [1.54, 1.807) is 0 Å². The number of unbranched alkanes of at least 4 members (excludes halogenated alkanes) is 22. The molecular formula is C46H84N2O5. The van der Waals surface area contributed by atoms with Crippen molar-refractivity contribution in [2.75, 3.05) is 6.54 Å². The smallest absolute Gasteiger partial charge is 0.326 e. The second-order valence-electron chi connectivity index (χ2n) is 15.1. The van der Waals surface area contributed by atoms with Crippen molar-refractivity contribution >= 4 is 17.8 Å². The lowest BCUT2D eigenvalue weighted by Crippen LogP contribution is -2.40. The molecule has 0 aromatic rings. The summed E-state index contributed by atoms with van der Waals surface area (Å²) in [4.78, 5) is 36.2. The number of nitrogens with one attached hydrogen (secondary N) is 1. The van der Waals surface area contributed by atoms with Gasteiger partial charge in [0.05, 0.1) is 0 Å². The maximum absolute atomic E-state index is 12.7. The molecule has 2 atom stereocenters. The minimum absolute atomic E-state index is 0.0784. The number of hydrogen-bond donors (Lipinski definition) is 3. The number of carboxylic acid groups (broad SMARTS) is 1. The summed E-state index contributed by atoms with van der Waals surface area (Å²) in [5, 5.41) is 11.9. The van der Waals surface area contributed by atoms with Gasteiger partial charge in [0.15, 0.2) is 0 Å². The average Bonchev–Trinajstić information content (AvgIpc) is 3.14. The van der Waals surface area contributed by atoms with Crippen molar-refractivity contribution in [3.05, 3.63) is 36.5 Å². The molecule has 1 amide bonds. The number of ether oxygens (including phenoxy) is 1. The highest BCUT2D eigenvalue weighted by atomic mass is 16.5. The highest BCUT2D eigenvalue weighted by Crippen LogP contribution is 2.16. The van der Waals surface area contributed by atoms with E-state index in [1.807, 2.05) is 0 Å². The molecule has 7 heteroatoms. The third-order valence-electron chi connectivity index (χ3n) is 9.91. The van der Waals surface area contributed by atoms with Crippen LogP contribution in [0.5, 0.6) is 0 Å². The van der Waals surface area contributed by atoms with Crippen LogP contribution in [0.2, 0.25) is 0 Å². The van der Waals surface area contributed by atoms with Gasteiger partial charge in [-0.3, -0.25) is 9.59 Å². The highest BCUT2D eigenvalue weighted by molar-refractivity contribution is 5.83. The van der Waals surface area contributed by atoms with Crippen LogP contribution in [0.4, 0.5) is 0 Å². The van der Waals surface area contributed by atoms with Gasteiger partial charge in [-0.1, -0.05) is 153 Å². The molecule has 0 rings (SSSR count). The molecule has 0 bridgehead atoms. The van der Waals surface area contributed by atoms with Crippen LogP contribution in [0.1, 0.15) is 219 Å². The molecule has 0 fully saturated rings. The maximum atomic E-state index is 12.7. The van der Waals surface area contributed by atoms with Gasteiger partial charge in [-0.2, -0.15) is 0 Å². The number of amides is 1. The van der Waals surface area contributed by atoms with Gasteiger partial charge in [0.2, 0.25) is 5.91 Å². The minimum Gasteiger partial charge on any atom is -0.480 e. The van der Waals surface area contributed by atoms with E-state index < -0.39 is 12.0 Å². The van der Waals surface area contributed by atoms with Gasteiger partial charge in [0.1, 0.15) is 12.1 Å². The number of esters is 1. The number of carbonyl (C=O) groups excluding carboxylic acids is 2. The summed E-state index contributed by atoms with van der Waals surface area (Å²) in [6.45, 7) is 4.92. The van der Waals surface area contributed by atoms with Crippen LogP contribution < -0.4 is 11.1 Å². The molecule has 0 saturated carbocycles. The quantitative estimate of drug-likeness (QED) is 0.0326. The molecule has 2 unspecified atom stereocenters. The predicted octanol–water partition coefficient (Wildman–Crippen LogP) is 12.6. The van der Waals surface area contributed by atoms with E-state index in [1.165, 1.54) is 109 Å². The van der Waals surface area contributed by atoms with Crippen LogP contribution in [-0.4, -0.2) is 41.6 Å². The van der Waals surface area contributed by atoms with Gasteiger partial charge in [0.25, 0.3) is 0 Å². The first-order valence-electron chi connectivity index (χ1n) is 22.3. The lowest BCUT2D eigenvalue weighted by atomic mass is 10.0. The summed E-state index contributed by atoms with van der Waals surface area (Å²) in [5.74, 6) is -1.29. The number of rotatable bonds is 40. The first kappa shape index (κ1) is 50.6. The Morgan fingerprint density at radius 2 is 1.04 bits per heavy atom. The van der Waals surface area contributed by atoms with Crippen LogP contribution in [0.15, 0.2) is 36.5 Å². The van der Waals surface area contributed by atoms with E-state index in [4.69, 9.17) is 10.5 Å². The third kappa shape index (κ3) is 37.7. The topological polar surface area (TPSA) is 119 Å². The first-order chi connectivity index (χ1) is 25.9. The van der Waals surface area contributed by atoms with Crippen molar-refractivity contribution in [3.63, 3.8) is 0 Å². The SMILES string of the molecule is CCCCCC/C=C\C/C=C\C(CCCCCCCCC(=O)NC(CCCN)C(=O)O)OC(=O)CCCCCCCCC/C=C\CCCCCCCC. The molecule has 0 heterocycles. The van der Waals surface area contributed by atoms with Gasteiger partial charge in [-0.15, -0.1) is 0 Å². The van der Waals surface area contributed by atoms with E-state index in [-0.39, 0.29) is 18.0 Å². The fourth-order valence-electron chi connectivity index (χ4n) is 6.51. The van der Waals surface area contributed by atoms with E-state index >= 15 is 0 Å². The molecule has 0 aliphatic heterocycles. The molecule has 4 N–H and O–H groups in total. The Morgan fingerprint density at radius 3 is 1.58 bits per heavy atom. The van der Waals surface area contributed by atoms with E-state index in [2.05, 4.69) is 55.6 Å². The number of allylic oxidation sites excluding steroid dienone is 5. The lowest BCUT2D eigenvalue weighted by molar-refractivity contribution is -0.147. The molecule has 0 radical (unpaired) electrons. The molecule has 0 aromatic heterocycles. The summed E-state index contributed by atoms with van der Waals surface area (Å²) in [7, 11) is 0. The number of carboxylic acids is 1. The van der Waals surface area contributed by atoms with Crippen LogP contribution in [0.25, 0.3) is 0 Å². The van der Waals surface area contributed by atoms with Crippen LogP contribution in [0.3, 0.4) is 0 Å². The zero-order valence-corrected chi connectivity index (χ0v) is 34.6. The fourth-order valence-corrected chi connectivity index (χ4v) is 6.51. The number of nitrogens with two attached hydrogens (primary N) is 1. The Bertz CT molecular complexity index is 931. The minimum atomic E-state index is -1.01. The number of carbonyl (C=O) groups is 3. The monoisotopic (exact) mass is 745 g/mol. The molecule has 0 spiro atoms. The van der Waals surface area contributed by atoms with Gasteiger partial charge in [-0.05, 0) is 96.1 Å². The van der Waals surface area contributed by atoms with Crippen molar-refractivity contribution in [1.82, 2.24) is 5.32 Å². The molecule has 0 saturated heterocycles. The molecule has 7 nitrogen and oxygen atoms in total. The normalized spacial score (nSPS) is 13.0. The second kappa shape index (κ2) is 40.8. The van der Waals surface area contributed by atoms with Gasteiger partial charge >= 0.3 is 11.9 Å². The molecule has 308 valence electrons. The average molecular weight is 745 g/mol. The first-order valence-corrected chi connectivity index (χ1v) is 22.3. The highest BCUT2D eigenvalue weighted by Gasteiger charge is 2.18. The molecular weight excluding hydrogens is 661 g/mol. The second-order valence-corrected chi connectivity index (χ2v) is 15.1. The Hall–Kier alpha value is -2.41. The summed E-state index contributed by atoms with van der Waals surface area (Å²) in [6.07, 6.45) is 47.8. The standard InChI is InChI=1S/C46H84N2O5/c1-3-5-7-9-11-13-14-15-16-17-18-19-20-22-24-30-34-40-45(50)53-42(36-31-27-23-21-12-10-8-6-4-2)37-32-28-25-26-29-33-39-44(49)48-43(46(51)52)38-35-41-47/h15-16,21,23,31,36,42-43H,3-14,17-20,22,24-30,32-35,37-41,47H2,1-2H3,(H,48,49)(H,51,52)/b16-15-,23-21-,36-31-. The molecule has 0 aliphatic rings. The van der Waals surface area contributed by atoms with Crippen molar-refractivity contribution in [1.29, 1.82) is 0 Å². The lowest BCUT2D eigenvalue weighted by Gasteiger charge is -2.15. The van der Waals surface area contributed by atoms with E-state index in [0.717, 1.165) is 70.6 Å². The Kier molecular flexibility index (Phi) is 38.9. The summed E-state index contributed by atoms with van der Waals surface area (Å²) in [6, 6.07) is -0.856. The maximum Gasteiger partial charge on any atom is 0.326 e. The van der Waals surface area contributed by atoms with Crippen molar-refractivity contribution in [2.45, 2.75) is 231 Å². The Balaban J connectivity index is 4.27. The number of aliphatic carboxylic acids is 1. The van der Waals surface area contributed by atoms with Crippen molar-refractivity contribution < 1.29 is 24.2 Å². The molecule has 53 heavy (non-hydrogen) atoms. The van der Waals surface area contributed by atoms with Crippen molar-refractivity contribution in [2.24, 2.45) is 5.73 Å². The third-order valence-corrected chi connectivity index (χ3v) is 9.91. The van der Waals surface area contributed by atoms with E-state index in [9.17, 15) is 19.5 Å². The fraction of sp³-hybridized carbons (Fsp3) is 0.804. The molecule has 0 aromatic carbocycles. The van der Waals surface area contributed by atoms with Crippen LogP contribution in [-0.2, 0) is 19.1 Å². The largest absolute Gasteiger partial charge is 0.480 e. The van der Waals surface area contributed by atoms with Gasteiger partial charge < -0.3 is 20.9 Å². The summed E-state index contributed by atoms with van der Waals surface area (Å²) in [5.41, 5.74) is 5.47. The zero-order chi connectivity index (χ0) is 38.9. The summed E-state index contributed by atoms with van der Waals surface area (Å²) >= 11 is 0. The van der Waals surface area contributed by atoms with Crippen molar-refractivity contribution in [3.8, 4) is 0 Å². The Labute approximate surface area is 326 Å². The predicted molar refractivity (Wildman–Crippen MR) is 225 cm³/mol.